The third-order valence-electron chi connectivity index (χ3n) is 3.39. The monoisotopic (exact) mass is 310 g/mol. The van der Waals surface area contributed by atoms with Gasteiger partial charge in [-0.25, -0.2) is 8.78 Å². The molecule has 108 valence electrons. The van der Waals surface area contributed by atoms with Crippen LogP contribution < -0.4 is 5.32 Å². The number of rotatable bonds is 3. The second-order valence-corrected chi connectivity index (χ2v) is 4.84. The molecule has 0 unspecified atom stereocenters. The van der Waals surface area contributed by atoms with E-state index in [4.69, 9.17) is 11.6 Å². The van der Waals surface area contributed by atoms with Gasteiger partial charge in [0.05, 0.1) is 5.02 Å². The fourth-order valence-electron chi connectivity index (χ4n) is 2.49. The Morgan fingerprint density at radius 3 is 2.42 bits per heavy atom. The van der Waals surface area contributed by atoms with Crippen molar-refractivity contribution in [2.75, 3.05) is 26.2 Å². The third kappa shape index (κ3) is 3.57. The minimum atomic E-state index is -0.554. The molecule has 1 aliphatic heterocycles. The van der Waals surface area contributed by atoms with E-state index in [0.29, 0.717) is 12.0 Å². The molecule has 0 amide bonds. The van der Waals surface area contributed by atoms with Gasteiger partial charge in [0.2, 0.25) is 0 Å². The van der Waals surface area contributed by atoms with Crippen molar-refractivity contribution in [2.24, 2.45) is 0 Å². The summed E-state index contributed by atoms with van der Waals surface area (Å²) >= 11 is 5.93. The fraction of sp³-hybridized carbons (Fsp3) is 0.538. The maximum atomic E-state index is 13.9. The van der Waals surface area contributed by atoms with Crippen LogP contribution in [0.3, 0.4) is 0 Å². The van der Waals surface area contributed by atoms with Gasteiger partial charge in [0, 0.05) is 37.8 Å². The SMILES string of the molecule is CC[C@@H](c1c(F)ccc(F)c1Cl)N1CCNCC1.Cl. The summed E-state index contributed by atoms with van der Waals surface area (Å²) in [5.41, 5.74) is 0.293. The smallest absolute Gasteiger partial charge is 0.142 e. The zero-order valence-corrected chi connectivity index (χ0v) is 12.3. The van der Waals surface area contributed by atoms with Crippen LogP contribution in [0.1, 0.15) is 24.9 Å². The number of nitrogens with zero attached hydrogens (tertiary/aromatic N) is 1. The van der Waals surface area contributed by atoms with Crippen LogP contribution in [-0.2, 0) is 0 Å². The molecule has 0 spiro atoms. The summed E-state index contributed by atoms with van der Waals surface area (Å²) in [5.74, 6) is -0.978. The van der Waals surface area contributed by atoms with Crippen LogP contribution in [-0.4, -0.2) is 31.1 Å². The van der Waals surface area contributed by atoms with Crippen molar-refractivity contribution in [1.82, 2.24) is 10.2 Å². The van der Waals surface area contributed by atoms with Gasteiger partial charge < -0.3 is 5.32 Å². The van der Waals surface area contributed by atoms with Gasteiger partial charge in [-0.15, -0.1) is 12.4 Å². The number of halogens is 4. The third-order valence-corrected chi connectivity index (χ3v) is 3.78. The summed E-state index contributed by atoms with van der Waals surface area (Å²) in [6, 6.07) is 2.07. The molecular weight excluding hydrogens is 293 g/mol. The lowest BCUT2D eigenvalue weighted by Gasteiger charge is -2.35. The van der Waals surface area contributed by atoms with E-state index in [1.54, 1.807) is 0 Å². The minimum Gasteiger partial charge on any atom is -0.314 e. The van der Waals surface area contributed by atoms with Crippen LogP contribution >= 0.6 is 24.0 Å². The molecule has 1 aromatic rings. The second-order valence-electron chi connectivity index (χ2n) is 4.47. The Kier molecular flexibility index (Phi) is 6.47. The van der Waals surface area contributed by atoms with Crippen LogP contribution in [0.15, 0.2) is 12.1 Å². The predicted molar refractivity (Wildman–Crippen MR) is 76.1 cm³/mol. The highest BCUT2D eigenvalue weighted by molar-refractivity contribution is 6.31. The van der Waals surface area contributed by atoms with Crippen molar-refractivity contribution < 1.29 is 8.78 Å². The molecule has 0 aliphatic carbocycles. The lowest BCUT2D eigenvalue weighted by molar-refractivity contribution is 0.166. The average Bonchev–Trinajstić information content (AvgIpc) is 2.40. The Balaban J connectivity index is 0.00000180. The normalized spacial score (nSPS) is 17.9. The molecule has 2 nitrogen and oxygen atoms in total. The zero-order valence-electron chi connectivity index (χ0n) is 10.8. The van der Waals surface area contributed by atoms with Crippen molar-refractivity contribution >= 4 is 24.0 Å². The Bertz CT molecular complexity index is 423. The molecule has 0 aromatic heterocycles. The fourth-order valence-corrected chi connectivity index (χ4v) is 2.77. The first-order chi connectivity index (χ1) is 8.65. The van der Waals surface area contributed by atoms with Crippen molar-refractivity contribution in [3.05, 3.63) is 34.4 Å². The summed E-state index contributed by atoms with van der Waals surface area (Å²) in [6.07, 6.45) is 0.708. The van der Waals surface area contributed by atoms with Crippen molar-refractivity contribution in [3.63, 3.8) is 0 Å². The first-order valence-electron chi connectivity index (χ1n) is 6.23. The highest BCUT2D eigenvalue weighted by Crippen LogP contribution is 2.34. The van der Waals surface area contributed by atoms with Gasteiger partial charge in [-0.05, 0) is 18.6 Å². The number of piperazine rings is 1. The highest BCUT2D eigenvalue weighted by atomic mass is 35.5. The Hall–Kier alpha value is -0.420. The van der Waals surface area contributed by atoms with Gasteiger partial charge in [0.15, 0.2) is 0 Å². The quantitative estimate of drug-likeness (QED) is 0.861. The van der Waals surface area contributed by atoms with Gasteiger partial charge in [-0.2, -0.15) is 0 Å². The Labute approximate surface area is 123 Å². The molecule has 19 heavy (non-hydrogen) atoms. The molecule has 0 radical (unpaired) electrons. The van der Waals surface area contributed by atoms with Crippen LogP contribution in [0, 0.1) is 11.6 Å². The van der Waals surface area contributed by atoms with E-state index in [0.717, 1.165) is 38.3 Å². The van der Waals surface area contributed by atoms with Crippen LogP contribution in [0.4, 0.5) is 8.78 Å². The molecule has 0 saturated carbocycles. The van der Waals surface area contributed by atoms with Gasteiger partial charge in [0.1, 0.15) is 11.6 Å². The summed E-state index contributed by atoms with van der Waals surface area (Å²) in [4.78, 5) is 2.15. The predicted octanol–water partition coefficient (Wildman–Crippen LogP) is 3.40. The molecule has 1 N–H and O–H groups in total. The number of hydrogen-bond acceptors (Lipinski definition) is 2. The van der Waals surface area contributed by atoms with Crippen molar-refractivity contribution in [2.45, 2.75) is 19.4 Å². The number of benzene rings is 1. The molecule has 1 fully saturated rings. The summed E-state index contributed by atoms with van der Waals surface area (Å²) < 4.78 is 27.4. The molecule has 1 saturated heterocycles. The molecule has 2 rings (SSSR count). The molecule has 1 atom stereocenters. The second kappa shape index (κ2) is 7.39. The number of nitrogens with one attached hydrogen (secondary N) is 1. The summed E-state index contributed by atoms with van der Waals surface area (Å²) in [6.45, 7) is 5.35. The largest absolute Gasteiger partial charge is 0.314 e. The molecule has 0 bridgehead atoms. The Morgan fingerprint density at radius 2 is 1.84 bits per heavy atom. The zero-order chi connectivity index (χ0) is 13.1. The van der Waals surface area contributed by atoms with E-state index in [-0.39, 0.29) is 23.5 Å². The summed E-state index contributed by atoms with van der Waals surface area (Å²) in [5, 5.41) is 3.16. The van der Waals surface area contributed by atoms with E-state index >= 15 is 0 Å². The van der Waals surface area contributed by atoms with Crippen LogP contribution in [0.2, 0.25) is 5.02 Å². The lowest BCUT2D eigenvalue weighted by atomic mass is 10.0. The molecule has 6 heteroatoms. The van der Waals surface area contributed by atoms with Gasteiger partial charge in [0.25, 0.3) is 0 Å². The first-order valence-corrected chi connectivity index (χ1v) is 6.61. The lowest BCUT2D eigenvalue weighted by Crippen LogP contribution is -2.45. The molecular formula is C13H18Cl2F2N2. The van der Waals surface area contributed by atoms with E-state index in [2.05, 4.69) is 10.2 Å². The van der Waals surface area contributed by atoms with E-state index in [9.17, 15) is 8.78 Å². The maximum Gasteiger partial charge on any atom is 0.142 e. The minimum absolute atomic E-state index is 0. The first kappa shape index (κ1) is 16.6. The molecule has 1 aromatic carbocycles. The number of hydrogen-bond donors (Lipinski definition) is 1. The highest BCUT2D eigenvalue weighted by Gasteiger charge is 2.26. The van der Waals surface area contributed by atoms with Gasteiger partial charge >= 0.3 is 0 Å². The Morgan fingerprint density at radius 1 is 1.26 bits per heavy atom. The summed E-state index contributed by atoms with van der Waals surface area (Å²) in [7, 11) is 0. The van der Waals surface area contributed by atoms with Gasteiger partial charge in [-0.1, -0.05) is 18.5 Å². The van der Waals surface area contributed by atoms with E-state index < -0.39 is 11.6 Å². The van der Waals surface area contributed by atoms with Crippen LogP contribution in [0.25, 0.3) is 0 Å². The van der Waals surface area contributed by atoms with Crippen molar-refractivity contribution in [1.29, 1.82) is 0 Å². The molecule has 1 heterocycles. The van der Waals surface area contributed by atoms with Crippen molar-refractivity contribution in [3.8, 4) is 0 Å². The maximum absolute atomic E-state index is 13.9. The standard InChI is InChI=1S/C13H17ClF2N2.ClH/c1-2-11(18-7-5-17-6-8-18)12-9(15)3-4-10(16)13(12)14;/h3-4,11,17H,2,5-8H2,1H3;1H/t11-;/m0./s1. The molecule has 1 aliphatic rings. The van der Waals surface area contributed by atoms with Gasteiger partial charge in [-0.3, -0.25) is 4.90 Å². The van der Waals surface area contributed by atoms with Crippen LogP contribution in [0.5, 0.6) is 0 Å². The average molecular weight is 311 g/mol. The van der Waals surface area contributed by atoms with E-state index in [1.165, 1.54) is 0 Å². The topological polar surface area (TPSA) is 15.3 Å². The van der Waals surface area contributed by atoms with E-state index in [1.807, 2.05) is 6.92 Å².